The summed E-state index contributed by atoms with van der Waals surface area (Å²) in [7, 11) is 0. The summed E-state index contributed by atoms with van der Waals surface area (Å²) in [4.78, 5) is 0. The SMILES string of the molecule is C1CCCCCNNCCCCC1. The second kappa shape index (κ2) is 8.52. The van der Waals surface area contributed by atoms with Crippen LogP contribution in [0.3, 0.4) is 0 Å². The van der Waals surface area contributed by atoms with Gasteiger partial charge in [0, 0.05) is 13.1 Å². The summed E-state index contributed by atoms with van der Waals surface area (Å²) < 4.78 is 0. The van der Waals surface area contributed by atoms with Crippen molar-refractivity contribution in [3.05, 3.63) is 0 Å². The van der Waals surface area contributed by atoms with Crippen LogP contribution in [0.4, 0.5) is 0 Å². The molecule has 0 spiro atoms. The molecule has 0 aromatic carbocycles. The van der Waals surface area contributed by atoms with Crippen molar-refractivity contribution in [3.8, 4) is 0 Å². The van der Waals surface area contributed by atoms with Gasteiger partial charge in [-0.3, -0.25) is 10.9 Å². The Hall–Kier alpha value is -0.0800. The molecule has 0 saturated carbocycles. The number of rotatable bonds is 0. The molecule has 0 aliphatic carbocycles. The summed E-state index contributed by atoms with van der Waals surface area (Å²) in [5.41, 5.74) is 6.55. The Morgan fingerprint density at radius 2 is 0.692 bits per heavy atom. The largest absolute Gasteiger partial charge is 0.258 e. The van der Waals surface area contributed by atoms with E-state index in [2.05, 4.69) is 10.9 Å². The molecule has 0 atom stereocenters. The first-order valence-corrected chi connectivity index (χ1v) is 5.96. The number of nitrogens with one attached hydrogen (secondary N) is 2. The normalized spacial score (nSPS) is 24.0. The lowest BCUT2D eigenvalue weighted by Crippen LogP contribution is -2.33. The molecule has 0 aromatic rings. The fourth-order valence-corrected chi connectivity index (χ4v) is 1.84. The van der Waals surface area contributed by atoms with Crippen molar-refractivity contribution in [2.75, 3.05) is 13.1 Å². The van der Waals surface area contributed by atoms with Crippen molar-refractivity contribution in [2.24, 2.45) is 0 Å². The molecule has 0 amide bonds. The van der Waals surface area contributed by atoms with Gasteiger partial charge in [0.25, 0.3) is 0 Å². The molecule has 78 valence electrons. The smallest absolute Gasteiger partial charge is 0.00997 e. The fraction of sp³-hybridized carbons (Fsp3) is 1.00. The van der Waals surface area contributed by atoms with Crippen molar-refractivity contribution in [2.45, 2.75) is 57.8 Å². The summed E-state index contributed by atoms with van der Waals surface area (Å²) >= 11 is 0. The van der Waals surface area contributed by atoms with Crippen LogP contribution in [0.5, 0.6) is 0 Å². The molecule has 1 heterocycles. The van der Waals surface area contributed by atoms with E-state index >= 15 is 0 Å². The van der Waals surface area contributed by atoms with Crippen molar-refractivity contribution in [3.63, 3.8) is 0 Å². The Labute approximate surface area is 82.5 Å². The predicted octanol–water partition coefficient (Wildman–Crippen LogP) is 2.61. The van der Waals surface area contributed by atoms with Crippen molar-refractivity contribution >= 4 is 0 Å². The molecule has 1 saturated heterocycles. The monoisotopic (exact) mass is 184 g/mol. The molecule has 2 heteroatoms. The Bertz CT molecular complexity index is 56.2. The average Bonchev–Trinajstić information content (AvgIpc) is 2.18. The van der Waals surface area contributed by atoms with Crippen LogP contribution in [0.15, 0.2) is 0 Å². The third-order valence-corrected chi connectivity index (χ3v) is 2.73. The van der Waals surface area contributed by atoms with Crippen LogP contribution in [-0.4, -0.2) is 13.1 Å². The molecule has 1 aliphatic rings. The maximum absolute atomic E-state index is 3.27. The van der Waals surface area contributed by atoms with Crippen LogP contribution in [0, 0.1) is 0 Å². The standard InChI is InChI=1S/C11H24N2/c1-2-4-6-8-10-12-13-11-9-7-5-3-1/h12-13H,1-11H2. The van der Waals surface area contributed by atoms with Gasteiger partial charge in [0.15, 0.2) is 0 Å². The first kappa shape index (κ1) is 11.0. The molecule has 0 aromatic heterocycles. The van der Waals surface area contributed by atoms with E-state index in [0.717, 1.165) is 13.1 Å². The molecule has 0 unspecified atom stereocenters. The number of hydrogen-bond donors (Lipinski definition) is 2. The lowest BCUT2D eigenvalue weighted by molar-refractivity contribution is 0.494. The zero-order valence-corrected chi connectivity index (χ0v) is 8.78. The van der Waals surface area contributed by atoms with Crippen LogP contribution in [0.2, 0.25) is 0 Å². The number of hydrazine groups is 1. The van der Waals surface area contributed by atoms with E-state index < -0.39 is 0 Å². The average molecular weight is 184 g/mol. The topological polar surface area (TPSA) is 24.1 Å². The second-order valence-electron chi connectivity index (χ2n) is 4.04. The van der Waals surface area contributed by atoms with Crippen LogP contribution >= 0.6 is 0 Å². The lowest BCUT2D eigenvalue weighted by Gasteiger charge is -2.05. The minimum Gasteiger partial charge on any atom is -0.258 e. The van der Waals surface area contributed by atoms with E-state index in [1.165, 1.54) is 57.8 Å². The van der Waals surface area contributed by atoms with Gasteiger partial charge in [-0.15, -0.1) is 0 Å². The zero-order valence-electron chi connectivity index (χ0n) is 8.78. The van der Waals surface area contributed by atoms with E-state index in [9.17, 15) is 0 Å². The van der Waals surface area contributed by atoms with Crippen molar-refractivity contribution in [1.29, 1.82) is 0 Å². The molecular formula is C11H24N2. The van der Waals surface area contributed by atoms with Crippen molar-refractivity contribution < 1.29 is 0 Å². The molecule has 2 N–H and O–H groups in total. The van der Waals surface area contributed by atoms with Crippen LogP contribution in [0.25, 0.3) is 0 Å². The first-order chi connectivity index (χ1) is 6.50. The van der Waals surface area contributed by atoms with Crippen LogP contribution < -0.4 is 10.9 Å². The molecule has 1 aliphatic heterocycles. The van der Waals surface area contributed by atoms with E-state index in [0.29, 0.717) is 0 Å². The highest BCUT2D eigenvalue weighted by molar-refractivity contribution is 4.51. The maximum Gasteiger partial charge on any atom is 0.00997 e. The quantitative estimate of drug-likeness (QED) is 0.604. The van der Waals surface area contributed by atoms with Gasteiger partial charge in [-0.25, -0.2) is 0 Å². The van der Waals surface area contributed by atoms with Gasteiger partial charge in [-0.1, -0.05) is 44.9 Å². The third kappa shape index (κ3) is 7.03. The minimum atomic E-state index is 1.14. The van der Waals surface area contributed by atoms with Gasteiger partial charge < -0.3 is 0 Å². The summed E-state index contributed by atoms with van der Waals surface area (Å²) in [6.45, 7) is 2.28. The van der Waals surface area contributed by atoms with Gasteiger partial charge in [-0.05, 0) is 12.8 Å². The van der Waals surface area contributed by atoms with Crippen LogP contribution in [-0.2, 0) is 0 Å². The number of hydrogen-bond acceptors (Lipinski definition) is 2. The highest BCUT2D eigenvalue weighted by atomic mass is 15.3. The summed E-state index contributed by atoms with van der Waals surface area (Å²) in [5, 5.41) is 0. The predicted molar refractivity (Wildman–Crippen MR) is 57.6 cm³/mol. The highest BCUT2D eigenvalue weighted by Gasteiger charge is 1.94. The summed E-state index contributed by atoms with van der Waals surface area (Å²) in [5.74, 6) is 0. The van der Waals surface area contributed by atoms with Crippen molar-refractivity contribution in [1.82, 2.24) is 10.9 Å². The van der Waals surface area contributed by atoms with Gasteiger partial charge in [0.1, 0.15) is 0 Å². The van der Waals surface area contributed by atoms with Gasteiger partial charge in [0.05, 0.1) is 0 Å². The fourth-order valence-electron chi connectivity index (χ4n) is 1.84. The molecule has 0 bridgehead atoms. The maximum atomic E-state index is 3.27. The first-order valence-electron chi connectivity index (χ1n) is 5.96. The summed E-state index contributed by atoms with van der Waals surface area (Å²) in [6, 6.07) is 0. The van der Waals surface area contributed by atoms with E-state index in [-0.39, 0.29) is 0 Å². The van der Waals surface area contributed by atoms with Gasteiger partial charge in [-0.2, -0.15) is 0 Å². The van der Waals surface area contributed by atoms with E-state index in [1.54, 1.807) is 0 Å². The zero-order chi connectivity index (χ0) is 9.19. The molecule has 1 rings (SSSR count). The lowest BCUT2D eigenvalue weighted by atomic mass is 10.1. The van der Waals surface area contributed by atoms with E-state index in [1.807, 2.05) is 0 Å². The second-order valence-corrected chi connectivity index (χ2v) is 4.04. The molecule has 13 heavy (non-hydrogen) atoms. The molecule has 1 fully saturated rings. The Kier molecular flexibility index (Phi) is 7.20. The van der Waals surface area contributed by atoms with Gasteiger partial charge >= 0.3 is 0 Å². The Morgan fingerprint density at radius 3 is 1.08 bits per heavy atom. The molecule has 0 radical (unpaired) electrons. The summed E-state index contributed by atoms with van der Waals surface area (Å²) in [6.07, 6.45) is 12.7. The van der Waals surface area contributed by atoms with Crippen LogP contribution in [0.1, 0.15) is 57.8 Å². The van der Waals surface area contributed by atoms with E-state index in [4.69, 9.17) is 0 Å². The Morgan fingerprint density at radius 1 is 0.385 bits per heavy atom. The van der Waals surface area contributed by atoms with Gasteiger partial charge in [0.2, 0.25) is 0 Å². The minimum absolute atomic E-state index is 1.14. The molecular weight excluding hydrogens is 160 g/mol. The Balaban J connectivity index is 2.01. The highest BCUT2D eigenvalue weighted by Crippen LogP contribution is 2.09. The molecule has 2 nitrogen and oxygen atoms in total. The third-order valence-electron chi connectivity index (χ3n) is 2.73.